The molecule has 1 heterocycles. The van der Waals surface area contributed by atoms with Crippen molar-refractivity contribution in [3.63, 3.8) is 0 Å². The van der Waals surface area contributed by atoms with Gasteiger partial charge in [0.05, 0.1) is 13.7 Å². The van der Waals surface area contributed by atoms with Gasteiger partial charge in [0, 0.05) is 11.9 Å². The van der Waals surface area contributed by atoms with Crippen LogP contribution in [0.25, 0.3) is 0 Å². The number of rotatable bonds is 2. The highest BCUT2D eigenvalue weighted by atomic mass is 16.6. The van der Waals surface area contributed by atoms with Gasteiger partial charge in [0.15, 0.2) is 0 Å². The number of methoxy groups -OCH3 is 1. The van der Waals surface area contributed by atoms with E-state index in [0.29, 0.717) is 5.69 Å². The van der Waals surface area contributed by atoms with E-state index >= 15 is 0 Å². The van der Waals surface area contributed by atoms with E-state index in [0.717, 1.165) is 0 Å². The van der Waals surface area contributed by atoms with Gasteiger partial charge in [-0.05, 0) is 32.9 Å². The molecule has 0 fully saturated rings. The molecule has 1 aromatic heterocycles. The Morgan fingerprint density at radius 1 is 1.39 bits per heavy atom. The molecule has 0 spiro atoms. The van der Waals surface area contributed by atoms with Crippen molar-refractivity contribution in [3.05, 3.63) is 24.0 Å². The first-order chi connectivity index (χ1) is 8.33. The number of alkyl carbamates (subject to hydrolysis) is 1. The predicted octanol–water partition coefficient (Wildman–Crippen LogP) is 2.13. The summed E-state index contributed by atoms with van der Waals surface area (Å²) in [6.07, 6.45) is 0.559. The first-order valence-electron chi connectivity index (χ1n) is 5.55. The van der Waals surface area contributed by atoms with E-state index < -0.39 is 17.8 Å². The van der Waals surface area contributed by atoms with E-state index in [9.17, 15) is 9.59 Å². The Bertz CT molecular complexity index is 432. The average Bonchev–Trinajstić information content (AvgIpc) is 2.71. The number of amides is 1. The van der Waals surface area contributed by atoms with E-state index in [1.807, 2.05) is 0 Å². The molecular formula is C12H18N2O4. The van der Waals surface area contributed by atoms with E-state index in [2.05, 4.69) is 10.1 Å². The molecule has 1 aromatic rings. The van der Waals surface area contributed by atoms with Crippen molar-refractivity contribution in [2.24, 2.45) is 0 Å². The van der Waals surface area contributed by atoms with Crippen molar-refractivity contribution >= 4 is 12.2 Å². The summed E-state index contributed by atoms with van der Waals surface area (Å²) in [5, 5.41) is 2.50. The predicted molar refractivity (Wildman–Crippen MR) is 65.3 cm³/mol. The third-order valence-electron chi connectivity index (χ3n) is 2.02. The highest BCUT2D eigenvalue weighted by Gasteiger charge is 2.19. The molecule has 0 aliphatic heterocycles. The molecule has 0 bridgehead atoms. The monoisotopic (exact) mass is 254 g/mol. The molecule has 1 N–H and O–H groups in total. The van der Waals surface area contributed by atoms with Crippen molar-refractivity contribution in [2.75, 3.05) is 7.11 Å². The zero-order chi connectivity index (χ0) is 13.8. The van der Waals surface area contributed by atoms with E-state index in [1.54, 1.807) is 39.1 Å². The molecule has 100 valence electrons. The fraction of sp³-hybridized carbons (Fsp3) is 0.500. The number of nitrogens with one attached hydrogen (secondary N) is 1. The molecule has 0 aliphatic carbocycles. The van der Waals surface area contributed by atoms with Crippen molar-refractivity contribution in [3.8, 4) is 0 Å². The van der Waals surface area contributed by atoms with Gasteiger partial charge in [-0.15, -0.1) is 0 Å². The molecular weight excluding hydrogens is 236 g/mol. The van der Waals surface area contributed by atoms with Crippen LogP contribution in [-0.2, 0) is 16.0 Å². The summed E-state index contributed by atoms with van der Waals surface area (Å²) < 4.78 is 11.0. The van der Waals surface area contributed by atoms with Crippen molar-refractivity contribution in [1.82, 2.24) is 9.88 Å². The van der Waals surface area contributed by atoms with Gasteiger partial charge in [-0.25, -0.2) is 9.59 Å². The summed E-state index contributed by atoms with van der Waals surface area (Å²) in [7, 11) is 1.28. The van der Waals surface area contributed by atoms with Crippen molar-refractivity contribution < 1.29 is 19.1 Å². The molecule has 1 rings (SSSR count). The minimum absolute atomic E-state index is 0.193. The Labute approximate surface area is 106 Å². The van der Waals surface area contributed by atoms with E-state index in [-0.39, 0.29) is 6.54 Å². The lowest BCUT2D eigenvalue weighted by Gasteiger charge is -2.20. The maximum atomic E-state index is 11.9. The highest BCUT2D eigenvalue weighted by Crippen LogP contribution is 2.11. The molecule has 0 aromatic carbocycles. The average molecular weight is 254 g/mol. The molecule has 0 aliphatic rings. The molecule has 0 saturated heterocycles. The fourth-order valence-corrected chi connectivity index (χ4v) is 1.28. The van der Waals surface area contributed by atoms with Crippen LogP contribution < -0.4 is 5.32 Å². The number of carbonyl (C=O) groups is 2. The Kier molecular flexibility index (Phi) is 4.36. The van der Waals surface area contributed by atoms with Crippen molar-refractivity contribution in [2.45, 2.75) is 32.9 Å². The number of carbonyl (C=O) groups excluding carboxylic acids is 2. The maximum Gasteiger partial charge on any atom is 0.418 e. The van der Waals surface area contributed by atoms with E-state index in [4.69, 9.17) is 4.74 Å². The summed E-state index contributed by atoms with van der Waals surface area (Å²) in [4.78, 5) is 22.8. The third-order valence-corrected chi connectivity index (χ3v) is 2.02. The largest absolute Gasteiger partial charge is 0.453 e. The van der Waals surface area contributed by atoms with Crippen LogP contribution in [0.5, 0.6) is 0 Å². The van der Waals surface area contributed by atoms with Gasteiger partial charge >= 0.3 is 12.2 Å². The molecule has 0 atom stereocenters. The van der Waals surface area contributed by atoms with E-state index in [1.165, 1.54) is 11.7 Å². The molecule has 0 saturated carbocycles. The van der Waals surface area contributed by atoms with Crippen LogP contribution in [0.1, 0.15) is 26.5 Å². The van der Waals surface area contributed by atoms with Gasteiger partial charge in [-0.2, -0.15) is 0 Å². The standard InChI is InChI=1S/C12H18N2O4/c1-12(2,3)18-11(16)14-7-5-6-9(14)8-13-10(15)17-4/h5-7H,8H2,1-4H3,(H,13,15). The van der Waals surface area contributed by atoms with Gasteiger partial charge in [0.1, 0.15) is 5.60 Å². The first kappa shape index (κ1) is 14.1. The van der Waals surface area contributed by atoms with Crippen LogP contribution in [0, 0.1) is 0 Å². The summed E-state index contributed by atoms with van der Waals surface area (Å²) in [5.41, 5.74) is 0.0589. The molecule has 6 heteroatoms. The lowest BCUT2D eigenvalue weighted by Crippen LogP contribution is -2.29. The van der Waals surface area contributed by atoms with Crippen LogP contribution in [0.3, 0.4) is 0 Å². The Morgan fingerprint density at radius 2 is 2.06 bits per heavy atom. The highest BCUT2D eigenvalue weighted by molar-refractivity contribution is 5.72. The summed E-state index contributed by atoms with van der Waals surface area (Å²) >= 11 is 0. The lowest BCUT2D eigenvalue weighted by atomic mass is 10.2. The minimum Gasteiger partial charge on any atom is -0.453 e. The molecule has 1 amide bonds. The summed E-state index contributed by atoms with van der Waals surface area (Å²) in [5.74, 6) is 0. The third kappa shape index (κ3) is 4.12. The Morgan fingerprint density at radius 3 is 2.61 bits per heavy atom. The van der Waals surface area contributed by atoms with Gasteiger partial charge in [-0.1, -0.05) is 0 Å². The number of nitrogens with zero attached hydrogens (tertiary/aromatic N) is 1. The normalized spacial score (nSPS) is 10.9. The quantitative estimate of drug-likeness (QED) is 0.877. The SMILES string of the molecule is COC(=O)NCc1cccn1C(=O)OC(C)(C)C. The minimum atomic E-state index is -0.561. The smallest absolute Gasteiger partial charge is 0.418 e. The second-order valence-corrected chi connectivity index (χ2v) is 4.70. The fourth-order valence-electron chi connectivity index (χ4n) is 1.28. The maximum absolute atomic E-state index is 11.9. The van der Waals surface area contributed by atoms with Crippen LogP contribution in [0.15, 0.2) is 18.3 Å². The molecule has 0 unspecified atom stereocenters. The van der Waals surface area contributed by atoms with Gasteiger partial charge in [-0.3, -0.25) is 4.57 Å². The summed E-state index contributed by atoms with van der Waals surface area (Å²) in [6, 6.07) is 3.43. The summed E-state index contributed by atoms with van der Waals surface area (Å²) in [6.45, 7) is 5.57. The Balaban J connectivity index is 2.70. The molecule has 0 radical (unpaired) electrons. The van der Waals surface area contributed by atoms with Gasteiger partial charge in [0.25, 0.3) is 0 Å². The van der Waals surface area contributed by atoms with Crippen LogP contribution in [0.4, 0.5) is 9.59 Å². The number of ether oxygens (including phenoxy) is 2. The zero-order valence-electron chi connectivity index (χ0n) is 11.0. The molecule has 18 heavy (non-hydrogen) atoms. The second kappa shape index (κ2) is 5.57. The topological polar surface area (TPSA) is 69.6 Å². The van der Waals surface area contributed by atoms with Gasteiger partial charge in [0.2, 0.25) is 0 Å². The van der Waals surface area contributed by atoms with Crippen molar-refractivity contribution in [1.29, 1.82) is 0 Å². The zero-order valence-corrected chi connectivity index (χ0v) is 11.0. The lowest BCUT2D eigenvalue weighted by molar-refractivity contribution is 0.0532. The number of aromatic nitrogens is 1. The van der Waals surface area contributed by atoms with Gasteiger partial charge < -0.3 is 14.8 Å². The van der Waals surface area contributed by atoms with Crippen LogP contribution >= 0.6 is 0 Å². The second-order valence-electron chi connectivity index (χ2n) is 4.70. The number of hydrogen-bond donors (Lipinski definition) is 1. The molecule has 6 nitrogen and oxygen atoms in total. The number of hydrogen-bond acceptors (Lipinski definition) is 4. The van der Waals surface area contributed by atoms with Crippen LogP contribution in [0.2, 0.25) is 0 Å². The Hall–Kier alpha value is -1.98. The first-order valence-corrected chi connectivity index (χ1v) is 5.55. The van der Waals surface area contributed by atoms with Crippen LogP contribution in [-0.4, -0.2) is 29.5 Å².